The topological polar surface area (TPSA) is 29.1 Å². The van der Waals surface area contributed by atoms with E-state index in [2.05, 4.69) is 4.72 Å². The van der Waals surface area contributed by atoms with E-state index in [0.717, 1.165) is 6.08 Å². The van der Waals surface area contributed by atoms with Crippen LogP contribution in [0.1, 0.15) is 26.3 Å². The van der Waals surface area contributed by atoms with E-state index in [1.54, 1.807) is 45.0 Å². The van der Waals surface area contributed by atoms with E-state index < -0.39 is 28.0 Å². The highest BCUT2D eigenvalue weighted by molar-refractivity contribution is 7.84. The molecule has 0 saturated carbocycles. The Balaban J connectivity index is 2.89. The summed E-state index contributed by atoms with van der Waals surface area (Å²) in [6.07, 6.45) is -2.25. The van der Waals surface area contributed by atoms with Crippen LogP contribution < -0.4 is 4.72 Å². The lowest BCUT2D eigenvalue weighted by Crippen LogP contribution is -2.46. The van der Waals surface area contributed by atoms with Gasteiger partial charge in [0.15, 0.2) is 0 Å². The zero-order chi connectivity index (χ0) is 16.3. The molecule has 0 bridgehead atoms. The molecule has 1 unspecified atom stereocenters. The zero-order valence-electron chi connectivity index (χ0n) is 11.9. The fourth-order valence-electron chi connectivity index (χ4n) is 1.29. The van der Waals surface area contributed by atoms with E-state index in [1.165, 1.54) is 6.08 Å². The number of rotatable bonds is 4. The van der Waals surface area contributed by atoms with Crippen molar-refractivity contribution in [2.24, 2.45) is 0 Å². The van der Waals surface area contributed by atoms with Crippen LogP contribution in [0.4, 0.5) is 13.2 Å². The highest BCUT2D eigenvalue weighted by Gasteiger charge is 2.40. The highest BCUT2D eigenvalue weighted by Crippen LogP contribution is 2.24. The monoisotopic (exact) mass is 339 g/mol. The normalized spacial score (nSPS) is 16.1. The molecule has 0 heterocycles. The van der Waals surface area contributed by atoms with Crippen LogP contribution in [-0.2, 0) is 11.0 Å². The third kappa shape index (κ3) is 6.20. The standard InChI is InChI=1S/C14H17ClF3NOS/c1-13(2,3)21(20)19-12(14(16,17)18)9-6-10-4-7-11(15)8-5-10/h4-9,12,19H,1-3H3/b9-6+/t12-,21?/m1/s1. The summed E-state index contributed by atoms with van der Waals surface area (Å²) in [5.41, 5.74) is 0.581. The SMILES string of the molecule is CC(C)(C)S(=O)N[C@H](/C=C/c1ccc(Cl)cc1)C(F)(F)F. The van der Waals surface area contributed by atoms with Gasteiger partial charge in [0.2, 0.25) is 0 Å². The van der Waals surface area contributed by atoms with Gasteiger partial charge in [-0.25, -0.2) is 8.93 Å². The van der Waals surface area contributed by atoms with E-state index in [-0.39, 0.29) is 0 Å². The summed E-state index contributed by atoms with van der Waals surface area (Å²) in [6.45, 7) is 4.81. The molecule has 118 valence electrons. The van der Waals surface area contributed by atoms with Crippen molar-refractivity contribution in [3.05, 3.63) is 40.9 Å². The first kappa shape index (κ1) is 18.2. The molecule has 0 fully saturated rings. The van der Waals surface area contributed by atoms with Gasteiger partial charge in [-0.05, 0) is 38.5 Å². The molecular weight excluding hydrogens is 323 g/mol. The number of hydrogen-bond acceptors (Lipinski definition) is 1. The van der Waals surface area contributed by atoms with Crippen LogP contribution in [-0.4, -0.2) is 21.2 Å². The van der Waals surface area contributed by atoms with Crippen LogP contribution in [0.3, 0.4) is 0 Å². The molecule has 1 N–H and O–H groups in total. The van der Waals surface area contributed by atoms with Crippen LogP contribution in [0.15, 0.2) is 30.3 Å². The number of benzene rings is 1. The van der Waals surface area contributed by atoms with Crippen LogP contribution >= 0.6 is 11.6 Å². The summed E-state index contributed by atoms with van der Waals surface area (Å²) < 4.78 is 52.1. The Morgan fingerprint density at radius 3 is 2.14 bits per heavy atom. The Hall–Kier alpha value is -0.850. The van der Waals surface area contributed by atoms with Gasteiger partial charge in [-0.1, -0.05) is 35.9 Å². The number of nitrogens with one attached hydrogen (secondary N) is 1. The molecule has 0 saturated heterocycles. The molecule has 0 spiro atoms. The lowest BCUT2D eigenvalue weighted by molar-refractivity contribution is -0.139. The molecule has 1 aromatic rings. The molecule has 7 heteroatoms. The van der Waals surface area contributed by atoms with E-state index >= 15 is 0 Å². The fraction of sp³-hybridized carbons (Fsp3) is 0.429. The first-order valence-corrected chi connectivity index (χ1v) is 7.71. The van der Waals surface area contributed by atoms with Crippen molar-refractivity contribution in [3.63, 3.8) is 0 Å². The van der Waals surface area contributed by atoms with Crippen molar-refractivity contribution in [1.29, 1.82) is 0 Å². The second-order valence-corrected chi connectivity index (χ2v) is 7.86. The van der Waals surface area contributed by atoms with Crippen molar-refractivity contribution < 1.29 is 17.4 Å². The average Bonchev–Trinajstić information content (AvgIpc) is 2.33. The van der Waals surface area contributed by atoms with Gasteiger partial charge in [-0.15, -0.1) is 0 Å². The molecule has 2 atom stereocenters. The van der Waals surface area contributed by atoms with E-state index in [9.17, 15) is 17.4 Å². The Labute approximate surface area is 130 Å². The molecule has 2 nitrogen and oxygen atoms in total. The molecule has 0 radical (unpaired) electrons. The van der Waals surface area contributed by atoms with Crippen LogP contribution in [0, 0.1) is 0 Å². The zero-order valence-corrected chi connectivity index (χ0v) is 13.4. The first-order chi connectivity index (χ1) is 9.50. The van der Waals surface area contributed by atoms with Crippen molar-refractivity contribution >= 4 is 28.7 Å². The maximum absolute atomic E-state index is 13.0. The van der Waals surface area contributed by atoms with Crippen molar-refractivity contribution in [2.75, 3.05) is 0 Å². The maximum atomic E-state index is 13.0. The van der Waals surface area contributed by atoms with Gasteiger partial charge in [-0.2, -0.15) is 13.2 Å². The van der Waals surface area contributed by atoms with Gasteiger partial charge in [0.25, 0.3) is 0 Å². The molecule has 21 heavy (non-hydrogen) atoms. The Morgan fingerprint density at radius 1 is 1.19 bits per heavy atom. The summed E-state index contributed by atoms with van der Waals surface area (Å²) in [5.74, 6) is 0. The van der Waals surface area contributed by atoms with Gasteiger partial charge in [-0.3, -0.25) is 0 Å². The molecule has 0 amide bonds. The minimum absolute atomic E-state index is 0.506. The van der Waals surface area contributed by atoms with Gasteiger partial charge in [0.05, 0.1) is 15.7 Å². The van der Waals surface area contributed by atoms with Crippen LogP contribution in [0.2, 0.25) is 5.02 Å². The van der Waals surface area contributed by atoms with Gasteiger partial charge < -0.3 is 0 Å². The number of alkyl halides is 3. The first-order valence-electron chi connectivity index (χ1n) is 6.18. The Kier molecular flexibility index (Phi) is 6.01. The van der Waals surface area contributed by atoms with Gasteiger partial charge in [0.1, 0.15) is 6.04 Å². The maximum Gasteiger partial charge on any atom is 0.408 e. The smallest absolute Gasteiger partial charge is 0.242 e. The molecule has 0 aliphatic heterocycles. The van der Waals surface area contributed by atoms with Crippen LogP contribution in [0.5, 0.6) is 0 Å². The molecule has 1 rings (SSSR count). The number of hydrogen-bond donors (Lipinski definition) is 1. The second kappa shape index (κ2) is 6.94. The summed E-state index contributed by atoms with van der Waals surface area (Å²) in [6, 6.07) is 4.41. The average molecular weight is 340 g/mol. The molecule has 0 aromatic heterocycles. The fourth-order valence-corrected chi connectivity index (χ4v) is 2.21. The third-order valence-corrected chi connectivity index (χ3v) is 4.33. The lowest BCUT2D eigenvalue weighted by atomic mass is 10.2. The predicted octanol–water partition coefficient (Wildman–Crippen LogP) is 4.34. The summed E-state index contributed by atoms with van der Waals surface area (Å²) in [7, 11) is -1.82. The van der Waals surface area contributed by atoms with Crippen molar-refractivity contribution in [2.45, 2.75) is 37.7 Å². The molecular formula is C14H17ClF3NOS. The van der Waals surface area contributed by atoms with E-state index in [1.807, 2.05) is 0 Å². The molecule has 0 aliphatic carbocycles. The van der Waals surface area contributed by atoms with Crippen molar-refractivity contribution in [3.8, 4) is 0 Å². The number of halogens is 4. The van der Waals surface area contributed by atoms with E-state index in [4.69, 9.17) is 11.6 Å². The second-order valence-electron chi connectivity index (χ2n) is 5.43. The summed E-state index contributed by atoms with van der Waals surface area (Å²) in [5, 5.41) is 0.506. The highest BCUT2D eigenvalue weighted by atomic mass is 35.5. The van der Waals surface area contributed by atoms with Crippen molar-refractivity contribution in [1.82, 2.24) is 4.72 Å². The summed E-state index contributed by atoms with van der Waals surface area (Å²) >= 11 is 5.71. The van der Waals surface area contributed by atoms with Crippen LogP contribution in [0.25, 0.3) is 6.08 Å². The summed E-state index contributed by atoms with van der Waals surface area (Å²) in [4.78, 5) is 0. The minimum atomic E-state index is -4.52. The molecule has 0 aliphatic rings. The molecule has 1 aromatic carbocycles. The van der Waals surface area contributed by atoms with Gasteiger partial charge in [0, 0.05) is 5.02 Å². The Morgan fingerprint density at radius 2 is 1.71 bits per heavy atom. The minimum Gasteiger partial charge on any atom is -0.242 e. The van der Waals surface area contributed by atoms with Gasteiger partial charge >= 0.3 is 6.18 Å². The quantitative estimate of drug-likeness (QED) is 0.868. The largest absolute Gasteiger partial charge is 0.408 e. The van der Waals surface area contributed by atoms with E-state index in [0.29, 0.717) is 10.6 Å². The Bertz CT molecular complexity index is 521. The third-order valence-electron chi connectivity index (χ3n) is 2.49. The predicted molar refractivity (Wildman–Crippen MR) is 81.4 cm³/mol. The lowest BCUT2D eigenvalue weighted by Gasteiger charge is -2.24.